The lowest BCUT2D eigenvalue weighted by Crippen LogP contribution is -2.68. The van der Waals surface area contributed by atoms with E-state index in [2.05, 4.69) is 31.9 Å². The van der Waals surface area contributed by atoms with Gasteiger partial charge in [0.15, 0.2) is 11.6 Å². The fraction of sp³-hybridized carbons (Fsp3) is 0.583. The van der Waals surface area contributed by atoms with Gasteiger partial charge in [-0.05, 0) is 56.9 Å². The molecule has 0 unspecified atom stereocenters. The number of carbonyl (C=O) groups is 1. The number of rotatable bonds is 6. The predicted octanol–water partition coefficient (Wildman–Crippen LogP) is 4.33. The highest BCUT2D eigenvalue weighted by Gasteiger charge is 2.58. The fourth-order valence-corrected chi connectivity index (χ4v) is 6.01. The molecule has 5 aliphatic carbocycles. The molecule has 8 rings (SSSR count). The molecule has 178 valence electrons. The van der Waals surface area contributed by atoms with Gasteiger partial charge in [-0.3, -0.25) is 5.10 Å². The topological polar surface area (TPSA) is 109 Å². The van der Waals surface area contributed by atoms with E-state index in [9.17, 15) is 9.18 Å². The number of amides is 1. The summed E-state index contributed by atoms with van der Waals surface area (Å²) >= 11 is 0. The van der Waals surface area contributed by atoms with Crippen molar-refractivity contribution in [3.8, 4) is 0 Å². The number of H-pyrrole nitrogens is 1. The quantitative estimate of drug-likeness (QED) is 0.500. The number of hydrogen-bond acceptors (Lipinski definition) is 6. The normalized spacial score (nSPS) is 32.0. The van der Waals surface area contributed by atoms with Crippen molar-refractivity contribution in [1.29, 1.82) is 0 Å². The average molecular weight is 466 g/mol. The molecule has 0 radical (unpaired) electrons. The minimum absolute atomic E-state index is 0.0689. The number of nitrogens with zero attached hydrogens (tertiary/aromatic N) is 4. The molecule has 2 bridgehead atoms. The highest BCUT2D eigenvalue weighted by molar-refractivity contribution is 5.72. The van der Waals surface area contributed by atoms with Crippen molar-refractivity contribution in [3.05, 3.63) is 35.9 Å². The third kappa shape index (κ3) is 3.33. The summed E-state index contributed by atoms with van der Waals surface area (Å²) in [6.45, 7) is 0. The first-order valence-electron chi connectivity index (χ1n) is 12.3. The highest BCUT2D eigenvalue weighted by Crippen LogP contribution is 2.57. The second-order valence-electron chi connectivity index (χ2n) is 10.6. The number of fused-ring (bicyclic) bond motifs is 1. The van der Waals surface area contributed by atoms with E-state index in [1.807, 2.05) is 16.8 Å². The van der Waals surface area contributed by atoms with E-state index in [-0.39, 0.29) is 11.5 Å². The summed E-state index contributed by atoms with van der Waals surface area (Å²) in [6.07, 6.45) is 8.62. The Hall–Kier alpha value is -3.17. The zero-order chi connectivity index (χ0) is 22.9. The Morgan fingerprint density at radius 1 is 1.21 bits per heavy atom. The molecule has 0 aliphatic heterocycles. The third-order valence-electron chi connectivity index (χ3n) is 8.31. The van der Waals surface area contributed by atoms with Gasteiger partial charge in [0.1, 0.15) is 17.8 Å². The molecule has 5 fully saturated rings. The summed E-state index contributed by atoms with van der Waals surface area (Å²) in [5.74, 6) is 2.50. The maximum absolute atomic E-state index is 14.7. The molecule has 3 N–H and O–H groups in total. The molecule has 9 nitrogen and oxygen atoms in total. The molecule has 3 heterocycles. The Morgan fingerprint density at radius 2 is 2.06 bits per heavy atom. The van der Waals surface area contributed by atoms with Gasteiger partial charge in [0.2, 0.25) is 0 Å². The molecule has 3 aromatic heterocycles. The van der Waals surface area contributed by atoms with Gasteiger partial charge in [-0.1, -0.05) is 6.42 Å². The standard InChI is InChI=1S/C24H28FN7O2/c25-16-6-15(7-20(16)34-23(33)28-24-10-13(11-24)12-24)17-9-21(30-29-17)27-22-19-8-18(14-2-1-3-14)31-32(19)5-4-26-22/h4-5,8-9,13-16,20H,1-3,6-7,10-12H2,(H,28,33)(H2,26,27,29,30)/t13?,15-,16+,20-,24?/m0/s1. The first kappa shape index (κ1) is 20.2. The second kappa shape index (κ2) is 7.41. The Kier molecular flexibility index (Phi) is 4.41. The van der Waals surface area contributed by atoms with Crippen LogP contribution in [0.2, 0.25) is 0 Å². The third-order valence-corrected chi connectivity index (χ3v) is 8.31. The van der Waals surface area contributed by atoms with Crippen molar-refractivity contribution in [2.24, 2.45) is 5.92 Å². The molecule has 0 saturated heterocycles. The van der Waals surface area contributed by atoms with Crippen LogP contribution in [0.3, 0.4) is 0 Å². The average Bonchev–Trinajstić information content (AvgIpc) is 3.42. The van der Waals surface area contributed by atoms with Crippen LogP contribution in [0.5, 0.6) is 0 Å². The van der Waals surface area contributed by atoms with Crippen LogP contribution in [0.4, 0.5) is 20.8 Å². The van der Waals surface area contributed by atoms with E-state index in [0.29, 0.717) is 30.4 Å². The number of aromatic nitrogens is 5. The molecule has 3 aromatic rings. The van der Waals surface area contributed by atoms with Crippen LogP contribution in [0.25, 0.3) is 5.52 Å². The maximum atomic E-state index is 14.7. The van der Waals surface area contributed by atoms with E-state index < -0.39 is 18.4 Å². The van der Waals surface area contributed by atoms with Crippen LogP contribution in [-0.4, -0.2) is 48.7 Å². The van der Waals surface area contributed by atoms with Gasteiger partial charge in [0.25, 0.3) is 0 Å². The number of alkyl halides is 1. The number of nitrogens with one attached hydrogen (secondary N) is 3. The number of hydrogen-bond donors (Lipinski definition) is 3. The number of ether oxygens (including phenoxy) is 1. The van der Waals surface area contributed by atoms with Gasteiger partial charge in [0.05, 0.1) is 5.69 Å². The number of alkyl carbamates (subject to hydrolysis) is 1. The molecule has 0 aromatic carbocycles. The number of carbonyl (C=O) groups excluding carboxylic acids is 1. The molecule has 1 amide bonds. The Balaban J connectivity index is 1.01. The van der Waals surface area contributed by atoms with Crippen LogP contribution < -0.4 is 10.6 Å². The SMILES string of the molecule is O=C(NC12CC(C1)C2)O[C@H]1C[C@@H](c2cc(Nc3nccn4nc(C5CCC5)cc34)n[nH]2)C[C@H]1F. The summed E-state index contributed by atoms with van der Waals surface area (Å²) in [6, 6.07) is 3.98. The lowest BCUT2D eigenvalue weighted by atomic mass is 9.50. The summed E-state index contributed by atoms with van der Waals surface area (Å²) in [4.78, 5) is 16.7. The summed E-state index contributed by atoms with van der Waals surface area (Å²) < 4.78 is 22.0. The van der Waals surface area contributed by atoms with E-state index in [0.717, 1.165) is 42.1 Å². The Bertz CT molecular complexity index is 1230. The van der Waals surface area contributed by atoms with Crippen molar-refractivity contribution >= 4 is 23.2 Å². The minimum atomic E-state index is -1.18. The van der Waals surface area contributed by atoms with Crippen molar-refractivity contribution in [1.82, 2.24) is 30.1 Å². The lowest BCUT2D eigenvalue weighted by Gasteiger charge is -2.61. The smallest absolute Gasteiger partial charge is 0.407 e. The Labute approximate surface area is 195 Å². The van der Waals surface area contributed by atoms with Crippen molar-refractivity contribution in [2.45, 2.75) is 81.0 Å². The van der Waals surface area contributed by atoms with E-state index in [4.69, 9.17) is 9.84 Å². The van der Waals surface area contributed by atoms with Crippen LogP contribution in [0, 0.1) is 5.92 Å². The number of halogens is 1. The van der Waals surface area contributed by atoms with Gasteiger partial charge >= 0.3 is 6.09 Å². The van der Waals surface area contributed by atoms with E-state index >= 15 is 0 Å². The van der Waals surface area contributed by atoms with E-state index in [1.165, 1.54) is 19.3 Å². The van der Waals surface area contributed by atoms with Gasteiger partial charge in [0, 0.05) is 41.5 Å². The van der Waals surface area contributed by atoms with Crippen LogP contribution in [0.1, 0.15) is 74.6 Å². The fourth-order valence-electron chi connectivity index (χ4n) is 6.01. The summed E-state index contributed by atoms with van der Waals surface area (Å²) in [5.41, 5.74) is 2.77. The second-order valence-corrected chi connectivity index (χ2v) is 10.6. The van der Waals surface area contributed by atoms with Crippen molar-refractivity contribution in [2.75, 3.05) is 5.32 Å². The first-order valence-corrected chi connectivity index (χ1v) is 12.3. The van der Waals surface area contributed by atoms with Crippen molar-refractivity contribution in [3.63, 3.8) is 0 Å². The molecule has 10 heteroatoms. The maximum Gasteiger partial charge on any atom is 0.407 e. The zero-order valence-corrected chi connectivity index (χ0v) is 18.8. The molecule has 0 spiro atoms. The molecular formula is C24H28FN7O2. The first-order chi connectivity index (χ1) is 16.5. The van der Waals surface area contributed by atoms with Crippen molar-refractivity contribution < 1.29 is 13.9 Å². The molecular weight excluding hydrogens is 437 g/mol. The molecule has 3 atom stereocenters. The minimum Gasteiger partial charge on any atom is -0.443 e. The summed E-state index contributed by atoms with van der Waals surface area (Å²) in [7, 11) is 0. The predicted molar refractivity (Wildman–Crippen MR) is 122 cm³/mol. The van der Waals surface area contributed by atoms with E-state index in [1.54, 1.807) is 6.20 Å². The van der Waals surface area contributed by atoms with Crippen LogP contribution in [0.15, 0.2) is 24.5 Å². The van der Waals surface area contributed by atoms with Gasteiger partial charge in [-0.25, -0.2) is 18.7 Å². The zero-order valence-electron chi connectivity index (χ0n) is 18.8. The molecule has 34 heavy (non-hydrogen) atoms. The number of anilines is 2. The number of aromatic amines is 1. The van der Waals surface area contributed by atoms with Gasteiger partial charge in [-0.2, -0.15) is 10.2 Å². The lowest BCUT2D eigenvalue weighted by molar-refractivity contribution is -0.0530. The molecule has 5 aliphatic rings. The largest absolute Gasteiger partial charge is 0.443 e. The highest BCUT2D eigenvalue weighted by atomic mass is 19.1. The van der Waals surface area contributed by atoms with Gasteiger partial charge in [-0.15, -0.1) is 0 Å². The molecule has 5 saturated carbocycles. The van der Waals surface area contributed by atoms with Crippen LogP contribution in [-0.2, 0) is 4.74 Å². The van der Waals surface area contributed by atoms with Crippen LogP contribution >= 0.6 is 0 Å². The van der Waals surface area contributed by atoms with Gasteiger partial charge < -0.3 is 15.4 Å². The monoisotopic (exact) mass is 465 g/mol. The Morgan fingerprint density at radius 3 is 2.79 bits per heavy atom. The summed E-state index contributed by atoms with van der Waals surface area (Å²) in [5, 5.41) is 18.3.